The van der Waals surface area contributed by atoms with Crippen molar-refractivity contribution in [2.45, 2.75) is 77.0 Å². The minimum atomic E-state index is -2.31. The van der Waals surface area contributed by atoms with Crippen LogP contribution >= 0.6 is 0 Å². The molecule has 1 saturated heterocycles. The number of Topliss-reactive ketones (excluding diaryl/α,β-unsaturated/α-hetero) is 2. The number of nitrogens with zero attached hydrogens (tertiary/aromatic N) is 2. The topological polar surface area (TPSA) is 122 Å². The van der Waals surface area contributed by atoms with Gasteiger partial charge >= 0.3 is 0 Å². The fraction of sp³-hybridized carbons (Fsp3) is 0.600. The molecule has 4 atom stereocenters. The van der Waals surface area contributed by atoms with Gasteiger partial charge in [0.2, 0.25) is 5.78 Å². The van der Waals surface area contributed by atoms with Gasteiger partial charge in [0.25, 0.3) is 0 Å². The van der Waals surface area contributed by atoms with Crippen LogP contribution < -0.4 is 0 Å². The zero-order chi connectivity index (χ0) is 27.5. The summed E-state index contributed by atoms with van der Waals surface area (Å²) in [4.78, 5) is 31.2. The van der Waals surface area contributed by atoms with E-state index in [4.69, 9.17) is 0 Å². The number of hydrogen-bond acceptors (Lipinski definition) is 8. The van der Waals surface area contributed by atoms with Crippen molar-refractivity contribution in [1.29, 1.82) is 0 Å². The first kappa shape index (κ1) is 26.9. The van der Waals surface area contributed by atoms with E-state index in [-0.39, 0.29) is 34.6 Å². The van der Waals surface area contributed by atoms with Crippen molar-refractivity contribution in [1.82, 2.24) is 9.80 Å². The second-order valence-electron chi connectivity index (χ2n) is 11.9. The van der Waals surface area contributed by atoms with E-state index in [1.807, 2.05) is 6.92 Å². The number of benzene rings is 1. The highest BCUT2D eigenvalue weighted by Crippen LogP contribution is 2.52. The molecule has 1 aromatic rings. The Bertz CT molecular complexity index is 1240. The normalized spacial score (nSPS) is 30.6. The number of phenols is 1. The third-order valence-corrected chi connectivity index (χ3v) is 9.46. The van der Waals surface area contributed by atoms with Crippen LogP contribution in [-0.2, 0) is 17.8 Å². The zero-order valence-corrected chi connectivity index (χ0v) is 22.9. The van der Waals surface area contributed by atoms with Crippen LogP contribution in [0.4, 0.5) is 0 Å². The third kappa shape index (κ3) is 4.00. The average Bonchev–Trinajstić information content (AvgIpc) is 2.84. The summed E-state index contributed by atoms with van der Waals surface area (Å²) in [7, 11) is 3.50. The third-order valence-electron chi connectivity index (χ3n) is 9.46. The molecule has 1 fully saturated rings. The number of likely N-dealkylation sites (N-methyl/N-ethyl adjacent to an activating group) is 1. The Balaban J connectivity index is 1.57. The minimum absolute atomic E-state index is 0.00233. The van der Waals surface area contributed by atoms with Gasteiger partial charge in [0, 0.05) is 23.6 Å². The first-order chi connectivity index (χ1) is 18.0. The van der Waals surface area contributed by atoms with E-state index in [1.165, 1.54) is 26.2 Å². The van der Waals surface area contributed by atoms with E-state index in [0.717, 1.165) is 42.6 Å². The van der Waals surface area contributed by atoms with Gasteiger partial charge in [-0.25, -0.2) is 0 Å². The second kappa shape index (κ2) is 9.81. The molecule has 38 heavy (non-hydrogen) atoms. The highest BCUT2D eigenvalue weighted by atomic mass is 16.3. The summed E-state index contributed by atoms with van der Waals surface area (Å²) in [5.41, 5.74) is 0.556. The lowest BCUT2D eigenvalue weighted by Gasteiger charge is -2.50. The molecular weight excluding hydrogens is 484 g/mol. The molecule has 0 amide bonds. The fourth-order valence-electron chi connectivity index (χ4n) is 7.35. The standard InChI is InChI=1S/C30H40N2O6/c1-16-19(15-32-10-8-6-5-7-9-11-32)14-22(33)24-20(16)12-18-13-21-25(31(3)4)26(34)17(2)28(36)30(21,38)29(37)23(18)27(24)35/h14,18,21,25,33-34,37-38H,5-13,15H2,1-4H3/t18?,21-,25-,30+/m0/s1. The van der Waals surface area contributed by atoms with E-state index in [9.17, 15) is 30.0 Å². The largest absolute Gasteiger partial charge is 0.510 e. The number of phenolic OH excluding ortho intramolecular Hbond substituents is 1. The summed E-state index contributed by atoms with van der Waals surface area (Å²) in [6.45, 7) is 6.14. The van der Waals surface area contributed by atoms with Crippen LogP contribution in [0.3, 0.4) is 0 Å². The van der Waals surface area contributed by atoms with E-state index < -0.39 is 40.8 Å². The lowest BCUT2D eigenvalue weighted by Crippen LogP contribution is -2.62. The number of allylic oxidation sites excluding steroid dienone is 1. The number of fused-ring (bicyclic) bond motifs is 3. The van der Waals surface area contributed by atoms with Gasteiger partial charge in [-0.3, -0.25) is 19.4 Å². The number of aromatic hydroxyl groups is 1. The van der Waals surface area contributed by atoms with E-state index in [2.05, 4.69) is 4.90 Å². The van der Waals surface area contributed by atoms with Crippen molar-refractivity contribution in [3.8, 4) is 5.75 Å². The minimum Gasteiger partial charge on any atom is -0.510 e. The number of aliphatic hydroxyl groups excluding tert-OH is 2. The predicted octanol–water partition coefficient (Wildman–Crippen LogP) is 3.73. The van der Waals surface area contributed by atoms with Crippen molar-refractivity contribution in [3.05, 3.63) is 51.0 Å². The Hall–Kier alpha value is -2.68. The van der Waals surface area contributed by atoms with Gasteiger partial charge in [-0.05, 0) is 95.4 Å². The van der Waals surface area contributed by atoms with Gasteiger partial charge in [0.15, 0.2) is 11.4 Å². The SMILES string of the molecule is CC1=C(O)[C@@H](N(C)C)[C@@H]2CC3Cc4c(C)c(CN5CCCCCCC5)cc(O)c4C(=O)C3=C(O)[C@]2(O)C1=O. The van der Waals surface area contributed by atoms with Crippen LogP contribution in [0.25, 0.3) is 0 Å². The number of likely N-dealkylation sites (tertiary alicyclic amines) is 1. The van der Waals surface area contributed by atoms with Crippen molar-refractivity contribution in [2.24, 2.45) is 11.8 Å². The Morgan fingerprint density at radius 2 is 1.66 bits per heavy atom. The molecule has 1 heterocycles. The molecule has 4 aliphatic rings. The number of carbonyl (C=O) groups excluding carboxylic acids is 2. The van der Waals surface area contributed by atoms with Gasteiger partial charge in [-0.1, -0.05) is 19.3 Å². The smallest absolute Gasteiger partial charge is 0.201 e. The van der Waals surface area contributed by atoms with Crippen molar-refractivity contribution in [2.75, 3.05) is 27.2 Å². The molecule has 1 aliphatic heterocycles. The lowest BCUT2D eigenvalue weighted by molar-refractivity contribution is -0.147. The van der Waals surface area contributed by atoms with Crippen molar-refractivity contribution < 1.29 is 30.0 Å². The van der Waals surface area contributed by atoms with Gasteiger partial charge in [-0.15, -0.1) is 0 Å². The number of aliphatic hydroxyl groups is 3. The van der Waals surface area contributed by atoms with Crippen LogP contribution in [0.15, 0.2) is 28.7 Å². The zero-order valence-electron chi connectivity index (χ0n) is 22.9. The highest BCUT2D eigenvalue weighted by molar-refractivity contribution is 6.15. The molecule has 0 spiro atoms. The molecule has 3 aliphatic carbocycles. The van der Waals surface area contributed by atoms with Gasteiger partial charge in [-0.2, -0.15) is 0 Å². The number of ketones is 2. The van der Waals surface area contributed by atoms with Crippen LogP contribution in [0.2, 0.25) is 0 Å². The van der Waals surface area contributed by atoms with Gasteiger partial charge in [0.05, 0.1) is 11.6 Å². The first-order valence-corrected chi connectivity index (χ1v) is 13.9. The molecule has 0 aromatic heterocycles. The van der Waals surface area contributed by atoms with Crippen LogP contribution in [0.1, 0.15) is 72.5 Å². The number of rotatable bonds is 3. The Kier molecular flexibility index (Phi) is 6.95. The van der Waals surface area contributed by atoms with Gasteiger partial charge in [0.1, 0.15) is 17.3 Å². The maximum absolute atomic E-state index is 13.8. The number of hydrogen-bond donors (Lipinski definition) is 4. The summed E-state index contributed by atoms with van der Waals surface area (Å²) >= 11 is 0. The Labute approximate surface area is 224 Å². The quantitative estimate of drug-likeness (QED) is 0.472. The summed E-state index contributed by atoms with van der Waals surface area (Å²) in [6.07, 6.45) is 6.69. The fourth-order valence-corrected chi connectivity index (χ4v) is 7.35. The van der Waals surface area contributed by atoms with E-state index >= 15 is 0 Å². The first-order valence-electron chi connectivity index (χ1n) is 13.9. The molecular formula is C30H40N2O6. The second-order valence-corrected chi connectivity index (χ2v) is 11.9. The van der Waals surface area contributed by atoms with E-state index in [1.54, 1.807) is 25.1 Å². The van der Waals surface area contributed by atoms with Crippen molar-refractivity contribution >= 4 is 11.6 Å². The summed E-state index contributed by atoms with van der Waals surface area (Å²) < 4.78 is 0. The molecule has 206 valence electrons. The maximum atomic E-state index is 13.8. The maximum Gasteiger partial charge on any atom is 0.201 e. The highest BCUT2D eigenvalue weighted by Gasteiger charge is 2.61. The molecule has 4 N–H and O–H groups in total. The lowest BCUT2D eigenvalue weighted by atomic mass is 9.58. The molecule has 1 aromatic carbocycles. The molecule has 0 saturated carbocycles. The summed E-state index contributed by atoms with van der Waals surface area (Å²) in [6, 6.07) is 0.979. The predicted molar refractivity (Wildman–Crippen MR) is 143 cm³/mol. The summed E-state index contributed by atoms with van der Waals surface area (Å²) in [5.74, 6) is -3.47. The number of carbonyl (C=O) groups is 2. The molecule has 0 radical (unpaired) electrons. The molecule has 5 rings (SSSR count). The van der Waals surface area contributed by atoms with Crippen molar-refractivity contribution in [3.63, 3.8) is 0 Å². The monoisotopic (exact) mass is 524 g/mol. The molecule has 1 unspecified atom stereocenters. The van der Waals surface area contributed by atoms with Crippen LogP contribution in [-0.4, -0.2) is 80.6 Å². The molecule has 0 bridgehead atoms. The molecule has 8 nitrogen and oxygen atoms in total. The van der Waals surface area contributed by atoms with E-state index in [0.29, 0.717) is 13.0 Å². The Morgan fingerprint density at radius 3 is 2.29 bits per heavy atom. The van der Waals surface area contributed by atoms with Crippen LogP contribution in [0, 0.1) is 18.8 Å². The van der Waals surface area contributed by atoms with Crippen LogP contribution in [0.5, 0.6) is 5.75 Å². The Morgan fingerprint density at radius 1 is 1.03 bits per heavy atom. The average molecular weight is 525 g/mol. The van der Waals surface area contributed by atoms with Gasteiger partial charge < -0.3 is 20.4 Å². The molecule has 8 heteroatoms. The summed E-state index contributed by atoms with van der Waals surface area (Å²) in [5, 5.41) is 45.0.